The van der Waals surface area contributed by atoms with Crippen molar-refractivity contribution in [2.24, 2.45) is 0 Å². The quantitative estimate of drug-likeness (QED) is 0.691. The van der Waals surface area contributed by atoms with Gasteiger partial charge in [-0.1, -0.05) is 20.8 Å². The van der Waals surface area contributed by atoms with Crippen LogP contribution in [0.15, 0.2) is 0 Å². The zero-order valence-corrected chi connectivity index (χ0v) is 8.71. The molecule has 11 heavy (non-hydrogen) atoms. The Morgan fingerprint density at radius 2 is 1.91 bits per heavy atom. The maximum absolute atomic E-state index is 11.1. The average Bonchev–Trinajstić information content (AvgIpc) is 1.82. The normalized spacial score (nSPS) is 14.3. The van der Waals surface area contributed by atoms with E-state index in [9.17, 15) is 4.79 Å². The van der Waals surface area contributed by atoms with Gasteiger partial charge in [0.25, 0.3) is 0 Å². The van der Waals surface area contributed by atoms with E-state index in [1.165, 1.54) is 0 Å². The van der Waals surface area contributed by atoms with E-state index >= 15 is 0 Å². The second-order valence-electron chi connectivity index (χ2n) is 3.49. The van der Waals surface area contributed by atoms with Crippen molar-refractivity contribution in [3.63, 3.8) is 0 Å². The van der Waals surface area contributed by atoms with E-state index in [0.717, 1.165) is 0 Å². The molecule has 0 spiro atoms. The zero-order chi connectivity index (χ0) is 9.07. The van der Waals surface area contributed by atoms with Gasteiger partial charge in [-0.2, -0.15) is 0 Å². The van der Waals surface area contributed by atoms with Crippen LogP contribution in [0.1, 0.15) is 27.7 Å². The lowest BCUT2D eigenvalue weighted by Gasteiger charge is -2.21. The fraction of sp³-hybridized carbons (Fsp3) is 0.875. The molecule has 2 nitrogen and oxygen atoms in total. The SMILES string of the molecule is CNC(=O)C(C)SC(C)(C)C. The number of hydrogen-bond acceptors (Lipinski definition) is 2. The molecule has 0 aromatic heterocycles. The van der Waals surface area contributed by atoms with Gasteiger partial charge in [0.1, 0.15) is 0 Å². The van der Waals surface area contributed by atoms with Crippen molar-refractivity contribution in [1.82, 2.24) is 5.32 Å². The van der Waals surface area contributed by atoms with Crippen molar-refractivity contribution < 1.29 is 4.79 Å². The fourth-order valence-electron chi connectivity index (χ4n) is 0.787. The van der Waals surface area contributed by atoms with Crippen LogP contribution < -0.4 is 5.32 Å². The lowest BCUT2D eigenvalue weighted by molar-refractivity contribution is -0.119. The number of amides is 1. The molecule has 0 aromatic carbocycles. The van der Waals surface area contributed by atoms with Crippen molar-refractivity contribution >= 4 is 17.7 Å². The second-order valence-corrected chi connectivity index (χ2v) is 5.65. The van der Waals surface area contributed by atoms with Gasteiger partial charge >= 0.3 is 0 Å². The molecular formula is C8H17NOS. The Kier molecular flexibility index (Phi) is 3.93. The molecule has 0 saturated heterocycles. The van der Waals surface area contributed by atoms with E-state index in [-0.39, 0.29) is 15.9 Å². The standard InChI is InChI=1S/C8H17NOS/c1-6(7(10)9-5)11-8(2,3)4/h6H,1-5H3,(H,9,10). The highest BCUT2D eigenvalue weighted by molar-refractivity contribution is 8.01. The number of hydrogen-bond donors (Lipinski definition) is 1. The summed E-state index contributed by atoms with van der Waals surface area (Å²) in [6, 6.07) is 0. The molecule has 0 bridgehead atoms. The molecule has 0 aliphatic heterocycles. The Labute approximate surface area is 73.1 Å². The number of carbonyl (C=O) groups excluding carboxylic acids is 1. The van der Waals surface area contributed by atoms with Crippen molar-refractivity contribution in [2.75, 3.05) is 7.05 Å². The van der Waals surface area contributed by atoms with Crippen LogP contribution in [0, 0.1) is 0 Å². The molecule has 0 aliphatic rings. The van der Waals surface area contributed by atoms with E-state index < -0.39 is 0 Å². The summed E-state index contributed by atoms with van der Waals surface area (Å²) in [4.78, 5) is 11.1. The minimum atomic E-state index is 0.0417. The first kappa shape index (κ1) is 10.8. The molecule has 0 fully saturated rings. The second kappa shape index (κ2) is 4.00. The molecule has 0 aliphatic carbocycles. The summed E-state index contributed by atoms with van der Waals surface area (Å²) in [6.07, 6.45) is 0. The van der Waals surface area contributed by atoms with Gasteiger partial charge in [-0.05, 0) is 6.92 Å². The van der Waals surface area contributed by atoms with Crippen molar-refractivity contribution in [3.8, 4) is 0 Å². The van der Waals surface area contributed by atoms with Gasteiger partial charge in [-0.15, -0.1) is 11.8 Å². The van der Waals surface area contributed by atoms with Gasteiger partial charge in [-0.25, -0.2) is 0 Å². The topological polar surface area (TPSA) is 29.1 Å². The van der Waals surface area contributed by atoms with Gasteiger partial charge in [-0.3, -0.25) is 4.79 Å². The van der Waals surface area contributed by atoms with Gasteiger partial charge < -0.3 is 5.32 Å². The molecule has 1 amide bonds. The number of nitrogens with one attached hydrogen (secondary N) is 1. The van der Waals surface area contributed by atoms with E-state index in [1.807, 2.05) is 6.92 Å². The monoisotopic (exact) mass is 175 g/mol. The molecule has 0 saturated carbocycles. The first-order valence-electron chi connectivity index (χ1n) is 3.76. The van der Waals surface area contributed by atoms with Crippen LogP contribution in [0.25, 0.3) is 0 Å². The molecule has 1 N–H and O–H groups in total. The molecule has 0 aromatic rings. The van der Waals surface area contributed by atoms with Crippen LogP contribution in [0.4, 0.5) is 0 Å². The predicted octanol–water partition coefficient (Wildman–Crippen LogP) is 1.65. The average molecular weight is 175 g/mol. The predicted molar refractivity (Wildman–Crippen MR) is 50.9 cm³/mol. The van der Waals surface area contributed by atoms with Gasteiger partial charge in [0.2, 0.25) is 5.91 Å². The van der Waals surface area contributed by atoms with Gasteiger partial charge in [0, 0.05) is 11.8 Å². The molecule has 1 unspecified atom stereocenters. The molecule has 0 radical (unpaired) electrons. The Hall–Kier alpha value is -0.180. The molecular weight excluding hydrogens is 158 g/mol. The van der Waals surface area contributed by atoms with Gasteiger partial charge in [0.05, 0.1) is 5.25 Å². The van der Waals surface area contributed by atoms with Crippen LogP contribution in [0.2, 0.25) is 0 Å². The molecule has 0 rings (SSSR count). The highest BCUT2D eigenvalue weighted by atomic mass is 32.2. The maximum atomic E-state index is 11.1. The number of thioether (sulfide) groups is 1. The Morgan fingerprint density at radius 1 is 1.45 bits per heavy atom. The minimum Gasteiger partial charge on any atom is -0.358 e. The van der Waals surface area contributed by atoms with Crippen LogP contribution in [-0.2, 0) is 4.79 Å². The third-order valence-corrected chi connectivity index (χ3v) is 2.42. The lowest BCUT2D eigenvalue weighted by atomic mass is 10.3. The van der Waals surface area contributed by atoms with Gasteiger partial charge in [0.15, 0.2) is 0 Å². The zero-order valence-electron chi connectivity index (χ0n) is 7.89. The molecule has 0 heterocycles. The van der Waals surface area contributed by atoms with Crippen LogP contribution >= 0.6 is 11.8 Å². The summed E-state index contributed by atoms with van der Waals surface area (Å²) < 4.78 is 0.159. The summed E-state index contributed by atoms with van der Waals surface area (Å²) in [5.41, 5.74) is 0. The van der Waals surface area contributed by atoms with Crippen molar-refractivity contribution in [1.29, 1.82) is 0 Å². The van der Waals surface area contributed by atoms with E-state index in [2.05, 4.69) is 26.1 Å². The van der Waals surface area contributed by atoms with E-state index in [1.54, 1.807) is 18.8 Å². The Balaban J connectivity index is 3.87. The first-order valence-corrected chi connectivity index (χ1v) is 4.64. The highest BCUT2D eigenvalue weighted by Gasteiger charge is 2.19. The fourth-order valence-corrected chi connectivity index (χ4v) is 2.07. The summed E-state index contributed by atoms with van der Waals surface area (Å²) in [7, 11) is 1.67. The van der Waals surface area contributed by atoms with Crippen LogP contribution in [0.3, 0.4) is 0 Å². The Bertz CT molecular complexity index is 140. The highest BCUT2D eigenvalue weighted by Crippen LogP contribution is 2.27. The number of rotatable bonds is 2. The summed E-state index contributed by atoms with van der Waals surface area (Å²) >= 11 is 1.68. The molecule has 66 valence electrons. The largest absolute Gasteiger partial charge is 0.358 e. The first-order chi connectivity index (χ1) is 4.87. The van der Waals surface area contributed by atoms with Crippen molar-refractivity contribution in [3.05, 3.63) is 0 Å². The summed E-state index contributed by atoms with van der Waals surface area (Å²) in [5.74, 6) is 0.102. The van der Waals surface area contributed by atoms with Crippen LogP contribution in [-0.4, -0.2) is 23.0 Å². The summed E-state index contributed by atoms with van der Waals surface area (Å²) in [6.45, 7) is 8.25. The van der Waals surface area contributed by atoms with E-state index in [0.29, 0.717) is 0 Å². The third-order valence-electron chi connectivity index (χ3n) is 1.15. The van der Waals surface area contributed by atoms with E-state index in [4.69, 9.17) is 0 Å². The smallest absolute Gasteiger partial charge is 0.232 e. The van der Waals surface area contributed by atoms with Crippen LogP contribution in [0.5, 0.6) is 0 Å². The lowest BCUT2D eigenvalue weighted by Crippen LogP contribution is -2.30. The summed E-state index contributed by atoms with van der Waals surface area (Å²) in [5, 5.41) is 2.67. The Morgan fingerprint density at radius 3 is 2.18 bits per heavy atom. The minimum absolute atomic E-state index is 0.0417. The molecule has 1 atom stereocenters. The third kappa shape index (κ3) is 5.13. The molecule has 3 heteroatoms. The number of carbonyl (C=O) groups is 1. The maximum Gasteiger partial charge on any atom is 0.232 e. The van der Waals surface area contributed by atoms with Crippen molar-refractivity contribution in [2.45, 2.75) is 37.7 Å².